The van der Waals surface area contributed by atoms with E-state index in [9.17, 15) is 9.59 Å². The molecule has 0 saturated carbocycles. The molecule has 0 bridgehead atoms. The van der Waals surface area contributed by atoms with Crippen LogP contribution < -0.4 is 11.4 Å². The van der Waals surface area contributed by atoms with Crippen molar-refractivity contribution in [2.75, 3.05) is 6.61 Å². The topological polar surface area (TPSA) is 75.3 Å². The lowest BCUT2D eigenvalue weighted by Gasteiger charge is -2.36. The highest BCUT2D eigenvalue weighted by atomic mass is 28.4. The third kappa shape index (κ3) is 3.70. The first-order valence-corrected chi connectivity index (χ1v) is 10.6. The zero-order chi connectivity index (χ0) is 17.4. The first kappa shape index (κ1) is 17.8. The van der Waals surface area contributed by atoms with E-state index in [0.29, 0.717) is 6.61 Å². The first-order valence-electron chi connectivity index (χ1n) is 7.65. The van der Waals surface area contributed by atoms with Gasteiger partial charge >= 0.3 is 11.4 Å². The molecule has 1 aliphatic heterocycles. The van der Waals surface area contributed by atoms with Crippen LogP contribution in [0.1, 0.15) is 27.0 Å². The molecule has 0 N–H and O–H groups in total. The van der Waals surface area contributed by atoms with Gasteiger partial charge in [-0.05, 0) is 24.2 Å². The summed E-state index contributed by atoms with van der Waals surface area (Å²) < 4.78 is 14.2. The summed E-state index contributed by atoms with van der Waals surface area (Å²) in [6.07, 6.45) is 4.12. The molecular weight excluding hydrogens is 314 g/mol. The fourth-order valence-corrected chi connectivity index (χ4v) is 2.94. The van der Waals surface area contributed by atoms with E-state index < -0.39 is 25.9 Å². The van der Waals surface area contributed by atoms with Crippen LogP contribution in [0.5, 0.6) is 0 Å². The lowest BCUT2D eigenvalue weighted by Crippen LogP contribution is -2.43. The summed E-state index contributed by atoms with van der Waals surface area (Å²) in [5, 5.41) is 0.132. The van der Waals surface area contributed by atoms with Crippen LogP contribution in [-0.4, -0.2) is 35.1 Å². The van der Waals surface area contributed by atoms with Gasteiger partial charge in [0.2, 0.25) is 0 Å². The van der Waals surface area contributed by atoms with Gasteiger partial charge in [0, 0.05) is 7.05 Å². The van der Waals surface area contributed by atoms with Crippen molar-refractivity contribution in [3.8, 4) is 0 Å². The summed E-state index contributed by atoms with van der Waals surface area (Å²) >= 11 is 0. The van der Waals surface area contributed by atoms with Crippen LogP contribution in [-0.2, 0) is 16.2 Å². The van der Waals surface area contributed by atoms with Crippen molar-refractivity contribution >= 4 is 8.32 Å². The number of nitrogens with zero attached hydrogens (tertiary/aromatic N) is 3. The highest BCUT2D eigenvalue weighted by Gasteiger charge is 2.38. The van der Waals surface area contributed by atoms with Crippen molar-refractivity contribution in [3.05, 3.63) is 39.4 Å². The molecule has 0 radical (unpaired) electrons. The molecule has 7 nitrogen and oxygen atoms in total. The van der Waals surface area contributed by atoms with Crippen molar-refractivity contribution in [2.24, 2.45) is 7.05 Å². The van der Waals surface area contributed by atoms with Gasteiger partial charge in [0.25, 0.3) is 0 Å². The standard InChI is InChI=1S/C15H25N3O4Si/c1-15(2,3)23(5,6)21-9-11-7-8-12(22-11)18-10-16-13(19)17(4)14(18)20/h7-8,10-12H,9H2,1-6H3/t11-,12+/m0/s1. The minimum Gasteiger partial charge on any atom is -0.414 e. The van der Waals surface area contributed by atoms with E-state index in [1.165, 1.54) is 17.9 Å². The predicted molar refractivity (Wildman–Crippen MR) is 89.9 cm³/mol. The van der Waals surface area contributed by atoms with Gasteiger partial charge in [-0.15, -0.1) is 0 Å². The fourth-order valence-electron chi connectivity index (χ4n) is 1.93. The molecule has 0 saturated heterocycles. The monoisotopic (exact) mass is 339 g/mol. The van der Waals surface area contributed by atoms with E-state index in [-0.39, 0.29) is 11.1 Å². The highest BCUT2D eigenvalue weighted by Crippen LogP contribution is 2.37. The van der Waals surface area contributed by atoms with Gasteiger partial charge in [0.1, 0.15) is 12.4 Å². The van der Waals surface area contributed by atoms with Gasteiger partial charge in [-0.2, -0.15) is 4.98 Å². The second-order valence-electron chi connectivity index (χ2n) is 7.30. The van der Waals surface area contributed by atoms with Crippen LogP contribution >= 0.6 is 0 Å². The maximum atomic E-state index is 12.1. The van der Waals surface area contributed by atoms with Crippen molar-refractivity contribution in [1.82, 2.24) is 14.1 Å². The van der Waals surface area contributed by atoms with Gasteiger partial charge in [-0.1, -0.05) is 26.8 Å². The Morgan fingerprint density at radius 1 is 1.30 bits per heavy atom. The summed E-state index contributed by atoms with van der Waals surface area (Å²) in [5.74, 6) is 0. The average molecular weight is 339 g/mol. The fraction of sp³-hybridized carbons (Fsp3) is 0.667. The lowest BCUT2D eigenvalue weighted by atomic mass is 10.2. The second kappa shape index (κ2) is 6.18. The van der Waals surface area contributed by atoms with Crippen LogP contribution in [0.25, 0.3) is 0 Å². The molecule has 0 amide bonds. The Balaban J connectivity index is 2.04. The molecule has 0 fully saturated rings. The first-order chi connectivity index (χ1) is 10.5. The van der Waals surface area contributed by atoms with Crippen LogP contribution in [0.3, 0.4) is 0 Å². The molecule has 0 aromatic carbocycles. The predicted octanol–water partition coefficient (Wildman–Crippen LogP) is 1.42. The zero-order valence-corrected chi connectivity index (χ0v) is 15.6. The maximum Gasteiger partial charge on any atom is 0.352 e. The third-order valence-electron chi connectivity index (χ3n) is 4.58. The Labute approximate surface area is 136 Å². The highest BCUT2D eigenvalue weighted by molar-refractivity contribution is 6.74. The van der Waals surface area contributed by atoms with Crippen molar-refractivity contribution in [3.63, 3.8) is 0 Å². The van der Waals surface area contributed by atoms with Gasteiger partial charge in [-0.25, -0.2) is 14.2 Å². The number of hydrogen-bond donors (Lipinski definition) is 0. The third-order valence-corrected chi connectivity index (χ3v) is 9.08. The summed E-state index contributed by atoms with van der Waals surface area (Å²) in [4.78, 5) is 27.1. The molecule has 1 aliphatic rings. The van der Waals surface area contributed by atoms with Crippen molar-refractivity contribution in [1.29, 1.82) is 0 Å². The Hall–Kier alpha value is -1.51. The molecular formula is C15H25N3O4Si. The maximum absolute atomic E-state index is 12.1. The minimum absolute atomic E-state index is 0.132. The molecule has 2 heterocycles. The van der Waals surface area contributed by atoms with E-state index in [1.54, 1.807) is 6.08 Å². The molecule has 2 rings (SSSR count). The van der Waals surface area contributed by atoms with Crippen LogP contribution in [0.2, 0.25) is 18.1 Å². The normalized spacial score (nSPS) is 21.8. The Morgan fingerprint density at radius 2 is 1.96 bits per heavy atom. The smallest absolute Gasteiger partial charge is 0.352 e. The van der Waals surface area contributed by atoms with Gasteiger partial charge < -0.3 is 9.16 Å². The van der Waals surface area contributed by atoms with Crippen molar-refractivity contribution in [2.45, 2.75) is 51.2 Å². The van der Waals surface area contributed by atoms with E-state index in [2.05, 4.69) is 38.8 Å². The second-order valence-corrected chi connectivity index (χ2v) is 12.1. The van der Waals surface area contributed by atoms with E-state index in [0.717, 1.165) is 4.57 Å². The molecule has 8 heteroatoms. The number of rotatable bonds is 4. The quantitative estimate of drug-likeness (QED) is 0.612. The summed E-state index contributed by atoms with van der Waals surface area (Å²) in [6.45, 7) is 11.4. The van der Waals surface area contributed by atoms with Gasteiger partial charge in [0.15, 0.2) is 14.5 Å². The largest absolute Gasteiger partial charge is 0.414 e. The summed E-state index contributed by atoms with van der Waals surface area (Å²) in [7, 11) is -0.448. The van der Waals surface area contributed by atoms with Crippen LogP contribution in [0, 0.1) is 0 Å². The average Bonchev–Trinajstić information content (AvgIpc) is 2.90. The lowest BCUT2D eigenvalue weighted by molar-refractivity contribution is -0.00897. The van der Waals surface area contributed by atoms with E-state index in [1.807, 2.05) is 6.08 Å². The number of hydrogen-bond acceptors (Lipinski definition) is 5. The van der Waals surface area contributed by atoms with E-state index >= 15 is 0 Å². The molecule has 0 unspecified atom stereocenters. The Kier molecular flexibility index (Phi) is 4.79. The number of ether oxygens (including phenoxy) is 1. The molecule has 23 heavy (non-hydrogen) atoms. The summed E-state index contributed by atoms with van der Waals surface area (Å²) in [5.41, 5.74) is -1.03. The number of aromatic nitrogens is 3. The van der Waals surface area contributed by atoms with Crippen molar-refractivity contribution < 1.29 is 9.16 Å². The zero-order valence-electron chi connectivity index (χ0n) is 14.6. The Bertz CT molecular complexity index is 715. The SMILES string of the molecule is Cn1c(=O)ncn([C@H]2C=C[C@@H](CO[Si](C)(C)C(C)(C)C)O2)c1=O. The summed E-state index contributed by atoms with van der Waals surface area (Å²) in [6, 6.07) is 0. The van der Waals surface area contributed by atoms with Gasteiger partial charge in [-0.3, -0.25) is 4.57 Å². The van der Waals surface area contributed by atoms with Crippen LogP contribution in [0.4, 0.5) is 0 Å². The molecule has 2 atom stereocenters. The molecule has 0 spiro atoms. The molecule has 1 aromatic rings. The van der Waals surface area contributed by atoms with Crippen LogP contribution in [0.15, 0.2) is 28.1 Å². The molecule has 128 valence electrons. The Morgan fingerprint density at radius 3 is 2.57 bits per heavy atom. The molecule has 0 aliphatic carbocycles. The van der Waals surface area contributed by atoms with E-state index in [4.69, 9.17) is 9.16 Å². The molecule has 1 aromatic heterocycles. The minimum atomic E-state index is -1.84. The van der Waals surface area contributed by atoms with Gasteiger partial charge in [0.05, 0.1) is 6.61 Å².